The molecule has 0 aromatic heterocycles. The lowest BCUT2D eigenvalue weighted by Crippen LogP contribution is -2.25. The van der Waals surface area contributed by atoms with Crippen LogP contribution >= 0.6 is 0 Å². The molecule has 0 saturated heterocycles. The van der Waals surface area contributed by atoms with Crippen LogP contribution < -0.4 is 10.6 Å². The molecule has 12 heavy (non-hydrogen) atoms. The Morgan fingerprint density at radius 3 is 2.08 bits per heavy atom. The van der Waals surface area contributed by atoms with Crippen LogP contribution in [0.2, 0.25) is 0 Å². The van der Waals surface area contributed by atoms with Crippen LogP contribution in [0, 0.1) is 0 Å². The lowest BCUT2D eigenvalue weighted by atomic mass is 10.2. The Bertz CT molecular complexity index is 111. The zero-order valence-corrected chi connectivity index (χ0v) is 8.61. The van der Waals surface area contributed by atoms with E-state index in [1.165, 1.54) is 25.1 Å². The molecule has 0 radical (unpaired) electrons. The first-order valence-electron chi connectivity index (χ1n) is 5.03. The van der Waals surface area contributed by atoms with Gasteiger partial charge in [0, 0.05) is 13.1 Å². The van der Waals surface area contributed by atoms with Gasteiger partial charge in [-0.3, -0.25) is 0 Å². The smallest absolute Gasteiger partial charge is 0.0945 e. The van der Waals surface area contributed by atoms with E-state index in [4.69, 9.17) is 0 Å². The predicted molar refractivity (Wildman–Crippen MR) is 55.0 cm³/mol. The molecule has 0 amide bonds. The van der Waals surface area contributed by atoms with Gasteiger partial charge in [-0.1, -0.05) is 13.3 Å². The maximum Gasteiger partial charge on any atom is 0.0945 e. The van der Waals surface area contributed by atoms with Crippen molar-refractivity contribution in [2.24, 2.45) is 0 Å². The summed E-state index contributed by atoms with van der Waals surface area (Å²) in [5.41, 5.74) is 0. The lowest BCUT2D eigenvalue weighted by molar-refractivity contribution is 0.703. The molecule has 0 rings (SSSR count). The summed E-state index contributed by atoms with van der Waals surface area (Å²) >= 11 is 0. The Morgan fingerprint density at radius 2 is 1.67 bits per heavy atom. The summed E-state index contributed by atoms with van der Waals surface area (Å²) < 4.78 is 0. The second-order valence-electron chi connectivity index (χ2n) is 2.82. The summed E-state index contributed by atoms with van der Waals surface area (Å²) in [6, 6.07) is 0. The van der Waals surface area contributed by atoms with E-state index in [2.05, 4.69) is 37.5 Å². The number of hydrogen-bond donors (Lipinski definition) is 2. The highest BCUT2D eigenvalue weighted by Crippen LogP contribution is 1.96. The highest BCUT2D eigenvalue weighted by molar-refractivity contribution is 4.96. The summed E-state index contributed by atoms with van der Waals surface area (Å²) in [4.78, 5) is 0. The summed E-state index contributed by atoms with van der Waals surface area (Å²) in [5.74, 6) is 1.19. The van der Waals surface area contributed by atoms with Crippen LogP contribution in [-0.4, -0.2) is 13.1 Å². The first-order valence-corrected chi connectivity index (χ1v) is 5.03. The molecule has 0 aliphatic rings. The first-order chi connectivity index (χ1) is 5.85. The van der Waals surface area contributed by atoms with E-state index >= 15 is 0 Å². The normalized spacial score (nSPS) is 9.25. The van der Waals surface area contributed by atoms with Gasteiger partial charge >= 0.3 is 0 Å². The Balaban J connectivity index is 3.64. The van der Waals surface area contributed by atoms with E-state index in [0.29, 0.717) is 0 Å². The maximum atomic E-state index is 3.29. The zero-order chi connectivity index (χ0) is 9.23. The van der Waals surface area contributed by atoms with Crippen LogP contribution in [0.4, 0.5) is 0 Å². The van der Waals surface area contributed by atoms with Gasteiger partial charge in [-0.2, -0.15) is 0 Å². The minimum absolute atomic E-state index is 0.991. The molecule has 0 aliphatic carbocycles. The van der Waals surface area contributed by atoms with Crippen molar-refractivity contribution in [2.45, 2.75) is 40.0 Å². The molecular formula is C10H22N2. The molecule has 2 heteroatoms. The zero-order valence-electron chi connectivity index (χ0n) is 8.61. The molecule has 2 nitrogen and oxygen atoms in total. The van der Waals surface area contributed by atoms with Crippen molar-refractivity contribution in [1.82, 2.24) is 10.6 Å². The van der Waals surface area contributed by atoms with E-state index in [1.54, 1.807) is 0 Å². The quantitative estimate of drug-likeness (QED) is 0.573. The number of hydrogen-bond acceptors (Lipinski definition) is 2. The average molecular weight is 170 g/mol. The molecule has 0 atom stereocenters. The molecule has 0 aromatic carbocycles. The molecule has 72 valence electrons. The van der Waals surface area contributed by atoms with Crippen LogP contribution in [0.5, 0.6) is 0 Å². The molecule has 0 fully saturated rings. The number of nitrogens with one attached hydrogen (secondary N) is 2. The van der Waals surface area contributed by atoms with Gasteiger partial charge in [0.05, 0.1) is 5.82 Å². The molecule has 0 spiro atoms. The van der Waals surface area contributed by atoms with E-state index in [1.807, 2.05) is 0 Å². The molecular weight excluding hydrogens is 148 g/mol. The van der Waals surface area contributed by atoms with E-state index in [9.17, 15) is 0 Å². The van der Waals surface area contributed by atoms with Gasteiger partial charge < -0.3 is 10.6 Å². The largest absolute Gasteiger partial charge is 0.372 e. The van der Waals surface area contributed by atoms with E-state index in [0.717, 1.165) is 13.1 Å². The fraction of sp³-hybridized carbons (Fsp3) is 0.800. The molecule has 0 saturated carbocycles. The van der Waals surface area contributed by atoms with Crippen molar-refractivity contribution < 1.29 is 0 Å². The van der Waals surface area contributed by atoms with E-state index in [-0.39, 0.29) is 0 Å². The fourth-order valence-corrected chi connectivity index (χ4v) is 1.04. The van der Waals surface area contributed by atoms with Gasteiger partial charge in [-0.25, -0.2) is 0 Å². The van der Waals surface area contributed by atoms with E-state index < -0.39 is 0 Å². The van der Waals surface area contributed by atoms with Gasteiger partial charge in [0.1, 0.15) is 0 Å². The molecule has 0 bridgehead atoms. The summed E-state index contributed by atoms with van der Waals surface area (Å²) in [6.07, 6.45) is 5.96. The highest BCUT2D eigenvalue weighted by atomic mass is 15.1. The maximum absolute atomic E-state index is 3.29. The summed E-state index contributed by atoms with van der Waals surface area (Å²) in [7, 11) is 0. The number of rotatable bonds is 7. The minimum atomic E-state index is 0.991. The Morgan fingerprint density at radius 1 is 1.08 bits per heavy atom. The third-order valence-electron chi connectivity index (χ3n) is 1.64. The van der Waals surface area contributed by atoms with Crippen molar-refractivity contribution in [3.8, 4) is 0 Å². The average Bonchev–Trinajstić information content (AvgIpc) is 2.06. The Labute approximate surface area is 76.4 Å². The SMILES string of the molecule is CCCCC=C(NCC)NCC. The predicted octanol–water partition coefficient (Wildman–Crippen LogP) is 2.24. The Hall–Kier alpha value is -0.660. The minimum Gasteiger partial charge on any atom is -0.372 e. The van der Waals surface area contributed by atoms with Crippen molar-refractivity contribution in [2.75, 3.05) is 13.1 Å². The molecule has 0 heterocycles. The van der Waals surface area contributed by atoms with Gasteiger partial charge in [0.25, 0.3) is 0 Å². The van der Waals surface area contributed by atoms with Crippen LogP contribution in [-0.2, 0) is 0 Å². The van der Waals surface area contributed by atoms with Crippen LogP contribution in [0.25, 0.3) is 0 Å². The lowest BCUT2D eigenvalue weighted by Gasteiger charge is -2.09. The van der Waals surface area contributed by atoms with Gasteiger partial charge in [-0.15, -0.1) is 0 Å². The molecule has 0 aliphatic heterocycles. The first kappa shape index (κ1) is 11.3. The Kier molecular flexibility index (Phi) is 7.97. The standard InChI is InChI=1S/C10H22N2/c1-4-7-8-9-10(11-5-2)12-6-3/h9,11-12H,4-8H2,1-3H3. The highest BCUT2D eigenvalue weighted by Gasteiger charge is 1.90. The fourth-order valence-electron chi connectivity index (χ4n) is 1.04. The van der Waals surface area contributed by atoms with Crippen molar-refractivity contribution in [3.05, 3.63) is 11.9 Å². The third-order valence-corrected chi connectivity index (χ3v) is 1.64. The third kappa shape index (κ3) is 6.08. The number of allylic oxidation sites excluding steroid dienone is 1. The molecule has 0 aromatic rings. The monoisotopic (exact) mass is 170 g/mol. The number of unbranched alkanes of at least 4 members (excludes halogenated alkanes) is 2. The van der Waals surface area contributed by atoms with Crippen LogP contribution in [0.1, 0.15) is 40.0 Å². The van der Waals surface area contributed by atoms with Crippen LogP contribution in [0.15, 0.2) is 11.9 Å². The van der Waals surface area contributed by atoms with Crippen molar-refractivity contribution in [1.29, 1.82) is 0 Å². The summed E-state index contributed by atoms with van der Waals surface area (Å²) in [5, 5.41) is 6.58. The topological polar surface area (TPSA) is 24.1 Å². The van der Waals surface area contributed by atoms with Gasteiger partial charge in [0.15, 0.2) is 0 Å². The summed E-state index contributed by atoms with van der Waals surface area (Å²) in [6.45, 7) is 8.43. The van der Waals surface area contributed by atoms with Crippen molar-refractivity contribution in [3.63, 3.8) is 0 Å². The molecule has 2 N–H and O–H groups in total. The van der Waals surface area contributed by atoms with Gasteiger partial charge in [-0.05, 0) is 32.8 Å². The molecule has 0 unspecified atom stereocenters. The van der Waals surface area contributed by atoms with Gasteiger partial charge in [0.2, 0.25) is 0 Å². The second kappa shape index (κ2) is 8.44. The van der Waals surface area contributed by atoms with Crippen LogP contribution in [0.3, 0.4) is 0 Å². The second-order valence-corrected chi connectivity index (χ2v) is 2.82. The van der Waals surface area contributed by atoms with Crippen molar-refractivity contribution >= 4 is 0 Å².